The van der Waals surface area contributed by atoms with Crippen LogP contribution in [0.4, 0.5) is 0 Å². The zero-order valence-electron chi connectivity index (χ0n) is 9.45. The lowest BCUT2D eigenvalue weighted by Gasteiger charge is -2.17. The summed E-state index contributed by atoms with van der Waals surface area (Å²) in [5.41, 5.74) is 8.18. The third-order valence-electron chi connectivity index (χ3n) is 1.83. The van der Waals surface area contributed by atoms with Crippen LogP contribution >= 0.6 is 11.8 Å². The number of nitrogens with two attached hydrogens (primary N) is 2. The number of nitrogens with one attached hydrogen (secondary N) is 1. The fourth-order valence-corrected chi connectivity index (χ4v) is 2.18. The van der Waals surface area contributed by atoms with E-state index in [2.05, 4.69) is 5.43 Å². The second-order valence-corrected chi connectivity index (χ2v) is 5.20. The maximum absolute atomic E-state index is 11.3. The zero-order chi connectivity index (χ0) is 12.2. The standard InChI is InChI=1S/C10H17N3O2S/c1-10(2,11)6-16-5-8-7(3-4-15-8)9(14)13-12/h3-4H,5-6,11-12H2,1-2H3,(H,13,14). The molecule has 6 heteroatoms. The first kappa shape index (κ1) is 13.1. The summed E-state index contributed by atoms with van der Waals surface area (Å²) in [6.07, 6.45) is 1.48. The van der Waals surface area contributed by atoms with Crippen molar-refractivity contribution in [1.29, 1.82) is 0 Å². The van der Waals surface area contributed by atoms with Crippen molar-refractivity contribution in [2.24, 2.45) is 11.6 Å². The Bertz CT molecular complexity index is 357. The molecule has 0 aliphatic rings. The number of hydrogen-bond acceptors (Lipinski definition) is 5. The second kappa shape index (κ2) is 5.38. The minimum absolute atomic E-state index is 0.229. The van der Waals surface area contributed by atoms with Crippen LogP contribution in [-0.2, 0) is 5.75 Å². The Morgan fingerprint density at radius 3 is 2.88 bits per heavy atom. The number of hydrogen-bond donors (Lipinski definition) is 3. The first-order valence-corrected chi connectivity index (χ1v) is 6.03. The summed E-state index contributed by atoms with van der Waals surface area (Å²) in [5, 5.41) is 0. The lowest BCUT2D eigenvalue weighted by atomic mass is 10.1. The monoisotopic (exact) mass is 243 g/mol. The van der Waals surface area contributed by atoms with Gasteiger partial charge in [-0.3, -0.25) is 10.2 Å². The highest BCUT2D eigenvalue weighted by molar-refractivity contribution is 7.98. The van der Waals surface area contributed by atoms with Crippen LogP contribution in [0.5, 0.6) is 0 Å². The minimum Gasteiger partial charge on any atom is -0.468 e. The molecule has 0 fully saturated rings. The van der Waals surface area contributed by atoms with Gasteiger partial charge in [-0.05, 0) is 19.9 Å². The Kier molecular flexibility index (Phi) is 4.40. The largest absolute Gasteiger partial charge is 0.468 e. The summed E-state index contributed by atoms with van der Waals surface area (Å²) < 4.78 is 5.22. The molecule has 0 aliphatic carbocycles. The fourth-order valence-electron chi connectivity index (χ4n) is 1.14. The Labute approximate surface area is 98.9 Å². The molecule has 1 aromatic rings. The molecule has 90 valence electrons. The maximum atomic E-state index is 11.3. The number of furan rings is 1. The van der Waals surface area contributed by atoms with E-state index in [1.807, 2.05) is 13.8 Å². The number of nitrogen functional groups attached to an aromatic ring is 1. The molecule has 0 saturated carbocycles. The highest BCUT2D eigenvalue weighted by atomic mass is 32.2. The molecule has 16 heavy (non-hydrogen) atoms. The van der Waals surface area contributed by atoms with Gasteiger partial charge in [0.2, 0.25) is 0 Å². The number of amides is 1. The Balaban J connectivity index is 2.55. The molecule has 0 atom stereocenters. The quantitative estimate of drug-likeness (QED) is 0.405. The predicted octanol–water partition coefficient (Wildman–Crippen LogP) is 0.854. The summed E-state index contributed by atoms with van der Waals surface area (Å²) in [6, 6.07) is 1.60. The van der Waals surface area contributed by atoms with Crippen molar-refractivity contribution < 1.29 is 9.21 Å². The van der Waals surface area contributed by atoms with E-state index in [0.717, 1.165) is 5.75 Å². The van der Waals surface area contributed by atoms with Gasteiger partial charge in [0, 0.05) is 11.3 Å². The van der Waals surface area contributed by atoms with E-state index in [0.29, 0.717) is 17.1 Å². The van der Waals surface area contributed by atoms with Crippen molar-refractivity contribution in [3.8, 4) is 0 Å². The number of hydrazine groups is 1. The normalized spacial score (nSPS) is 11.5. The molecule has 1 heterocycles. The third kappa shape index (κ3) is 3.88. The number of thioether (sulfide) groups is 1. The molecule has 0 bridgehead atoms. The maximum Gasteiger partial charge on any atom is 0.268 e. The lowest BCUT2D eigenvalue weighted by Crippen LogP contribution is -2.34. The van der Waals surface area contributed by atoms with E-state index in [9.17, 15) is 4.79 Å². The van der Waals surface area contributed by atoms with Crippen LogP contribution in [0.3, 0.4) is 0 Å². The molecule has 5 nitrogen and oxygen atoms in total. The van der Waals surface area contributed by atoms with Gasteiger partial charge in [-0.25, -0.2) is 5.84 Å². The predicted molar refractivity (Wildman–Crippen MR) is 64.8 cm³/mol. The summed E-state index contributed by atoms with van der Waals surface area (Å²) >= 11 is 1.62. The van der Waals surface area contributed by atoms with Crippen molar-refractivity contribution >= 4 is 17.7 Å². The van der Waals surface area contributed by atoms with E-state index in [4.69, 9.17) is 16.0 Å². The van der Waals surface area contributed by atoms with Crippen molar-refractivity contribution in [3.05, 3.63) is 23.7 Å². The van der Waals surface area contributed by atoms with Crippen LogP contribution in [-0.4, -0.2) is 17.2 Å². The molecule has 0 saturated heterocycles. The van der Waals surface area contributed by atoms with E-state index < -0.39 is 0 Å². The van der Waals surface area contributed by atoms with Gasteiger partial charge < -0.3 is 10.2 Å². The van der Waals surface area contributed by atoms with E-state index >= 15 is 0 Å². The fraction of sp³-hybridized carbons (Fsp3) is 0.500. The van der Waals surface area contributed by atoms with Crippen molar-refractivity contribution in [3.63, 3.8) is 0 Å². The van der Waals surface area contributed by atoms with Crippen molar-refractivity contribution in [2.75, 3.05) is 5.75 Å². The number of rotatable bonds is 5. The number of carbonyl (C=O) groups is 1. The smallest absolute Gasteiger partial charge is 0.268 e. The van der Waals surface area contributed by atoms with Gasteiger partial charge in [-0.2, -0.15) is 11.8 Å². The highest BCUT2D eigenvalue weighted by Gasteiger charge is 2.15. The molecular formula is C10H17N3O2S. The van der Waals surface area contributed by atoms with Gasteiger partial charge >= 0.3 is 0 Å². The van der Waals surface area contributed by atoms with Crippen LogP contribution in [0.1, 0.15) is 30.0 Å². The summed E-state index contributed by atoms with van der Waals surface area (Å²) in [6.45, 7) is 3.91. The van der Waals surface area contributed by atoms with Gasteiger partial charge in [0.15, 0.2) is 0 Å². The zero-order valence-corrected chi connectivity index (χ0v) is 10.3. The van der Waals surface area contributed by atoms with Crippen LogP contribution in [0, 0.1) is 0 Å². The lowest BCUT2D eigenvalue weighted by molar-refractivity contribution is 0.0952. The number of carbonyl (C=O) groups excluding carboxylic acids is 1. The van der Waals surface area contributed by atoms with E-state index in [1.165, 1.54) is 6.26 Å². The van der Waals surface area contributed by atoms with Crippen LogP contribution in [0.2, 0.25) is 0 Å². The van der Waals surface area contributed by atoms with Crippen LogP contribution in [0.15, 0.2) is 16.7 Å². The van der Waals surface area contributed by atoms with Crippen LogP contribution in [0.25, 0.3) is 0 Å². The van der Waals surface area contributed by atoms with Gasteiger partial charge in [0.25, 0.3) is 5.91 Å². The van der Waals surface area contributed by atoms with Crippen molar-refractivity contribution in [2.45, 2.75) is 25.1 Å². The Morgan fingerprint density at radius 2 is 2.31 bits per heavy atom. The van der Waals surface area contributed by atoms with E-state index in [-0.39, 0.29) is 11.4 Å². The molecular weight excluding hydrogens is 226 g/mol. The van der Waals surface area contributed by atoms with Gasteiger partial charge in [-0.1, -0.05) is 0 Å². The molecule has 0 aliphatic heterocycles. The Morgan fingerprint density at radius 1 is 1.62 bits per heavy atom. The van der Waals surface area contributed by atoms with Crippen LogP contribution < -0.4 is 17.0 Å². The topological polar surface area (TPSA) is 94.3 Å². The SMILES string of the molecule is CC(C)(N)CSCc1occc1C(=O)NN. The van der Waals surface area contributed by atoms with Crippen molar-refractivity contribution in [1.82, 2.24) is 5.43 Å². The third-order valence-corrected chi connectivity index (χ3v) is 3.24. The Hall–Kier alpha value is -0.980. The first-order valence-electron chi connectivity index (χ1n) is 4.88. The molecule has 5 N–H and O–H groups in total. The van der Waals surface area contributed by atoms with Gasteiger partial charge in [-0.15, -0.1) is 0 Å². The summed E-state index contributed by atoms with van der Waals surface area (Å²) in [4.78, 5) is 11.3. The van der Waals surface area contributed by atoms with Gasteiger partial charge in [0.1, 0.15) is 5.76 Å². The second-order valence-electron chi connectivity index (χ2n) is 4.21. The average Bonchev–Trinajstić information content (AvgIpc) is 2.63. The van der Waals surface area contributed by atoms with Gasteiger partial charge in [0.05, 0.1) is 17.6 Å². The molecule has 0 unspecified atom stereocenters. The van der Waals surface area contributed by atoms with E-state index in [1.54, 1.807) is 17.8 Å². The minimum atomic E-state index is -0.337. The molecule has 0 spiro atoms. The summed E-state index contributed by atoms with van der Waals surface area (Å²) in [7, 11) is 0. The molecule has 0 radical (unpaired) electrons. The summed E-state index contributed by atoms with van der Waals surface area (Å²) in [5.74, 6) is 6.74. The molecule has 0 aromatic carbocycles. The highest BCUT2D eigenvalue weighted by Crippen LogP contribution is 2.20. The molecule has 1 amide bonds. The average molecular weight is 243 g/mol. The molecule has 1 aromatic heterocycles. The first-order chi connectivity index (χ1) is 7.44. The molecule has 1 rings (SSSR count).